The molecule has 0 radical (unpaired) electrons. The highest BCUT2D eigenvalue weighted by Crippen LogP contribution is 2.26. The van der Waals surface area contributed by atoms with Crippen LogP contribution in [-0.2, 0) is 4.79 Å². The molecule has 0 spiro atoms. The summed E-state index contributed by atoms with van der Waals surface area (Å²) in [5.41, 5.74) is 0.467. The predicted octanol–water partition coefficient (Wildman–Crippen LogP) is 3.26. The normalized spacial score (nSPS) is 13.0. The molecule has 0 saturated heterocycles. The summed E-state index contributed by atoms with van der Waals surface area (Å²) in [5, 5.41) is 18.2. The molecule has 20 heavy (non-hydrogen) atoms. The number of hydrogen-bond acceptors (Lipinski definition) is 3. The fourth-order valence-electron chi connectivity index (χ4n) is 1.67. The van der Waals surface area contributed by atoms with E-state index in [1.165, 1.54) is 12.1 Å². The van der Waals surface area contributed by atoms with Crippen molar-refractivity contribution >= 4 is 5.97 Å². The van der Waals surface area contributed by atoms with E-state index in [4.69, 9.17) is 5.11 Å². The van der Waals surface area contributed by atoms with Gasteiger partial charge in [0, 0.05) is 6.42 Å². The summed E-state index contributed by atoms with van der Waals surface area (Å²) in [5.74, 6) is -1.24. The van der Waals surface area contributed by atoms with Gasteiger partial charge < -0.3 is 14.9 Å². The van der Waals surface area contributed by atoms with Crippen molar-refractivity contribution in [1.29, 1.82) is 0 Å². The van der Waals surface area contributed by atoms with Crippen LogP contribution in [0.3, 0.4) is 0 Å². The molecular formula is C13H15F3O4. The number of alkyl halides is 3. The summed E-state index contributed by atoms with van der Waals surface area (Å²) in [4.78, 5) is 10.3. The second-order valence-corrected chi connectivity index (χ2v) is 4.27. The van der Waals surface area contributed by atoms with Gasteiger partial charge in [0.25, 0.3) is 0 Å². The second kappa shape index (κ2) is 7.14. The summed E-state index contributed by atoms with van der Waals surface area (Å²) in [6.45, 7) is 0. The fraction of sp³-hybridized carbons (Fsp3) is 0.462. The van der Waals surface area contributed by atoms with Gasteiger partial charge in [-0.2, -0.15) is 0 Å². The Morgan fingerprint density at radius 3 is 2.30 bits per heavy atom. The summed E-state index contributed by atoms with van der Waals surface area (Å²) in [6, 6.07) is 4.96. The second-order valence-electron chi connectivity index (χ2n) is 4.27. The third-order valence-electron chi connectivity index (χ3n) is 2.62. The molecule has 112 valence electrons. The molecule has 1 aromatic carbocycles. The molecule has 0 heterocycles. The number of unbranched alkanes of at least 4 members (excludes halogenated alkanes) is 1. The Kier molecular flexibility index (Phi) is 5.82. The average Bonchev–Trinajstić information content (AvgIpc) is 2.33. The van der Waals surface area contributed by atoms with Gasteiger partial charge in [-0.05, 0) is 37.0 Å². The van der Waals surface area contributed by atoms with E-state index in [2.05, 4.69) is 4.74 Å². The van der Waals surface area contributed by atoms with Gasteiger partial charge in [0.15, 0.2) is 0 Å². The highest BCUT2D eigenvalue weighted by molar-refractivity contribution is 5.66. The zero-order valence-electron chi connectivity index (χ0n) is 10.6. The first-order valence-electron chi connectivity index (χ1n) is 6.03. The van der Waals surface area contributed by atoms with Crippen molar-refractivity contribution in [2.75, 3.05) is 0 Å². The molecule has 2 N–H and O–H groups in total. The average molecular weight is 292 g/mol. The fourth-order valence-corrected chi connectivity index (χ4v) is 1.67. The van der Waals surface area contributed by atoms with Crippen LogP contribution in [-0.4, -0.2) is 22.5 Å². The van der Waals surface area contributed by atoms with E-state index in [-0.39, 0.29) is 12.2 Å². The molecule has 1 atom stereocenters. The van der Waals surface area contributed by atoms with Crippen LogP contribution in [0.1, 0.15) is 37.4 Å². The van der Waals surface area contributed by atoms with Crippen molar-refractivity contribution in [3.05, 3.63) is 29.8 Å². The molecular weight excluding hydrogens is 277 g/mol. The van der Waals surface area contributed by atoms with E-state index in [1.54, 1.807) is 0 Å². The first kappa shape index (κ1) is 16.3. The van der Waals surface area contributed by atoms with E-state index in [1.807, 2.05) is 0 Å². The van der Waals surface area contributed by atoms with Crippen LogP contribution in [0.4, 0.5) is 13.2 Å². The number of halogens is 3. The van der Waals surface area contributed by atoms with Gasteiger partial charge in [-0.25, -0.2) is 0 Å². The molecule has 1 aromatic rings. The quantitative estimate of drug-likeness (QED) is 0.757. The maximum atomic E-state index is 12.0. The molecule has 1 unspecified atom stereocenters. The Bertz CT molecular complexity index is 428. The molecule has 4 nitrogen and oxygen atoms in total. The van der Waals surface area contributed by atoms with Gasteiger partial charge >= 0.3 is 12.3 Å². The van der Waals surface area contributed by atoms with E-state index >= 15 is 0 Å². The molecule has 0 bridgehead atoms. The van der Waals surface area contributed by atoms with Crippen LogP contribution >= 0.6 is 0 Å². The molecule has 0 aliphatic heterocycles. The van der Waals surface area contributed by atoms with Crippen LogP contribution in [0, 0.1) is 0 Å². The number of ether oxygens (including phenoxy) is 1. The van der Waals surface area contributed by atoms with Crippen LogP contribution in [0.15, 0.2) is 24.3 Å². The monoisotopic (exact) mass is 292 g/mol. The number of aliphatic hydroxyl groups is 1. The summed E-state index contributed by atoms with van der Waals surface area (Å²) >= 11 is 0. The largest absolute Gasteiger partial charge is 0.573 e. The maximum absolute atomic E-state index is 12.0. The maximum Gasteiger partial charge on any atom is 0.573 e. The number of carboxylic acid groups (broad SMARTS) is 1. The van der Waals surface area contributed by atoms with Crippen molar-refractivity contribution in [2.45, 2.75) is 38.1 Å². The number of rotatable bonds is 7. The lowest BCUT2D eigenvalue weighted by molar-refractivity contribution is -0.274. The van der Waals surface area contributed by atoms with Crippen LogP contribution < -0.4 is 4.74 Å². The Balaban J connectivity index is 2.45. The van der Waals surface area contributed by atoms with Gasteiger partial charge in [-0.15, -0.1) is 13.2 Å². The number of benzene rings is 1. The molecule has 1 rings (SSSR count). The van der Waals surface area contributed by atoms with Crippen molar-refractivity contribution in [1.82, 2.24) is 0 Å². The molecule has 0 fully saturated rings. The summed E-state index contributed by atoms with van der Waals surface area (Å²) in [7, 11) is 0. The number of carbonyl (C=O) groups is 1. The Hall–Kier alpha value is -1.76. The zero-order valence-corrected chi connectivity index (χ0v) is 10.6. The molecule has 0 aromatic heterocycles. The van der Waals surface area contributed by atoms with Crippen molar-refractivity contribution in [3.63, 3.8) is 0 Å². The number of carboxylic acids is 1. The van der Waals surface area contributed by atoms with Gasteiger partial charge in [-0.3, -0.25) is 4.79 Å². The highest BCUT2D eigenvalue weighted by atomic mass is 19.4. The lowest BCUT2D eigenvalue weighted by atomic mass is 10.0. The minimum absolute atomic E-state index is 0.0328. The number of hydrogen-bond donors (Lipinski definition) is 2. The van der Waals surface area contributed by atoms with E-state index in [0.29, 0.717) is 24.8 Å². The van der Waals surface area contributed by atoms with E-state index in [9.17, 15) is 23.1 Å². The molecule has 7 heteroatoms. The van der Waals surface area contributed by atoms with Crippen molar-refractivity contribution in [3.8, 4) is 5.75 Å². The first-order valence-corrected chi connectivity index (χ1v) is 6.03. The third-order valence-corrected chi connectivity index (χ3v) is 2.62. The first-order chi connectivity index (χ1) is 9.28. The van der Waals surface area contributed by atoms with Crippen LogP contribution in [0.5, 0.6) is 5.75 Å². The van der Waals surface area contributed by atoms with E-state index < -0.39 is 18.4 Å². The predicted molar refractivity (Wildman–Crippen MR) is 64.2 cm³/mol. The Morgan fingerprint density at radius 1 is 1.20 bits per heavy atom. The Morgan fingerprint density at radius 2 is 1.80 bits per heavy atom. The number of aliphatic hydroxyl groups excluding tert-OH is 1. The van der Waals surface area contributed by atoms with Crippen LogP contribution in [0.25, 0.3) is 0 Å². The topological polar surface area (TPSA) is 66.8 Å². The molecule has 0 aliphatic carbocycles. The van der Waals surface area contributed by atoms with Gasteiger partial charge in [0.1, 0.15) is 5.75 Å². The van der Waals surface area contributed by atoms with Crippen LogP contribution in [0.2, 0.25) is 0 Å². The van der Waals surface area contributed by atoms with Gasteiger partial charge in [0.05, 0.1) is 6.10 Å². The van der Waals surface area contributed by atoms with Crippen molar-refractivity contribution < 1.29 is 32.9 Å². The Labute approximate surface area is 113 Å². The SMILES string of the molecule is O=C(O)CCCCC(O)c1ccc(OC(F)(F)F)cc1. The zero-order chi connectivity index (χ0) is 15.2. The number of aliphatic carboxylic acids is 1. The smallest absolute Gasteiger partial charge is 0.481 e. The van der Waals surface area contributed by atoms with Crippen molar-refractivity contribution in [2.24, 2.45) is 0 Å². The summed E-state index contributed by atoms with van der Waals surface area (Å²) in [6.07, 6.45) is -4.21. The minimum Gasteiger partial charge on any atom is -0.481 e. The van der Waals surface area contributed by atoms with Gasteiger partial charge in [-0.1, -0.05) is 12.1 Å². The third kappa shape index (κ3) is 6.42. The molecule has 0 amide bonds. The van der Waals surface area contributed by atoms with Gasteiger partial charge in [0.2, 0.25) is 0 Å². The molecule has 0 saturated carbocycles. The highest BCUT2D eigenvalue weighted by Gasteiger charge is 2.31. The minimum atomic E-state index is -4.74. The van der Waals surface area contributed by atoms with E-state index in [0.717, 1.165) is 12.1 Å². The standard InChI is InChI=1S/C13H15F3O4/c14-13(15,16)20-10-7-5-9(6-8-10)11(17)3-1-2-4-12(18)19/h5-8,11,17H,1-4H2,(H,18,19). The lowest BCUT2D eigenvalue weighted by Gasteiger charge is -2.12. The summed E-state index contributed by atoms with van der Waals surface area (Å²) < 4.78 is 39.6. The molecule has 0 aliphatic rings. The lowest BCUT2D eigenvalue weighted by Crippen LogP contribution is -2.17.